The standard InChI is InChI=1S/C8H9FN2O/c1-2-5-3-7(8(10)12)11-4-6(5)9/h3-4H,2H2,1H3,(H2,10,12). The van der Waals surface area contributed by atoms with E-state index in [2.05, 4.69) is 4.98 Å². The van der Waals surface area contributed by atoms with Crippen molar-refractivity contribution in [3.63, 3.8) is 0 Å². The van der Waals surface area contributed by atoms with Crippen LogP contribution in [0.4, 0.5) is 4.39 Å². The van der Waals surface area contributed by atoms with E-state index in [1.54, 1.807) is 6.92 Å². The first-order valence-corrected chi connectivity index (χ1v) is 3.59. The topological polar surface area (TPSA) is 56.0 Å². The van der Waals surface area contributed by atoms with Crippen molar-refractivity contribution >= 4 is 5.91 Å². The third-order valence-corrected chi connectivity index (χ3v) is 1.57. The summed E-state index contributed by atoms with van der Waals surface area (Å²) in [4.78, 5) is 14.2. The molecule has 3 nitrogen and oxygen atoms in total. The zero-order valence-electron chi connectivity index (χ0n) is 6.67. The molecule has 0 aliphatic rings. The lowest BCUT2D eigenvalue weighted by Crippen LogP contribution is -2.13. The van der Waals surface area contributed by atoms with Crippen LogP contribution in [-0.2, 0) is 6.42 Å². The van der Waals surface area contributed by atoms with Crippen LogP contribution in [0.25, 0.3) is 0 Å². The van der Waals surface area contributed by atoms with Gasteiger partial charge in [0.15, 0.2) is 0 Å². The molecule has 1 aromatic heterocycles. The van der Waals surface area contributed by atoms with Gasteiger partial charge < -0.3 is 5.73 Å². The number of primary amides is 1. The molecule has 1 amide bonds. The van der Waals surface area contributed by atoms with Gasteiger partial charge in [0.2, 0.25) is 0 Å². The van der Waals surface area contributed by atoms with Gasteiger partial charge in [-0.15, -0.1) is 0 Å². The lowest BCUT2D eigenvalue weighted by atomic mass is 10.2. The van der Waals surface area contributed by atoms with Gasteiger partial charge in [0.25, 0.3) is 5.91 Å². The zero-order valence-corrected chi connectivity index (χ0v) is 6.67. The molecule has 1 aromatic rings. The Morgan fingerprint density at radius 3 is 2.92 bits per heavy atom. The number of amides is 1. The molecule has 1 rings (SSSR count). The highest BCUT2D eigenvalue weighted by atomic mass is 19.1. The Morgan fingerprint density at radius 2 is 2.42 bits per heavy atom. The summed E-state index contributed by atoms with van der Waals surface area (Å²) in [7, 11) is 0. The van der Waals surface area contributed by atoms with Gasteiger partial charge >= 0.3 is 0 Å². The largest absolute Gasteiger partial charge is 0.364 e. The maximum absolute atomic E-state index is 12.8. The third kappa shape index (κ3) is 1.58. The summed E-state index contributed by atoms with van der Waals surface area (Å²) in [5.41, 5.74) is 5.53. The number of nitrogens with two attached hydrogens (primary N) is 1. The van der Waals surface area contributed by atoms with E-state index >= 15 is 0 Å². The molecule has 0 saturated carbocycles. The molecule has 0 radical (unpaired) electrons. The van der Waals surface area contributed by atoms with E-state index in [1.165, 1.54) is 6.07 Å². The molecule has 64 valence electrons. The summed E-state index contributed by atoms with van der Waals surface area (Å²) in [6.45, 7) is 1.79. The molecule has 0 aliphatic heterocycles. The van der Waals surface area contributed by atoms with Crippen LogP contribution >= 0.6 is 0 Å². The molecule has 0 unspecified atom stereocenters. The molecule has 2 N–H and O–H groups in total. The Bertz CT molecular complexity index is 312. The van der Waals surface area contributed by atoms with Gasteiger partial charge in [0.1, 0.15) is 11.5 Å². The fraction of sp³-hybridized carbons (Fsp3) is 0.250. The maximum atomic E-state index is 12.8. The Kier molecular flexibility index (Phi) is 2.38. The molecule has 0 spiro atoms. The Hall–Kier alpha value is -1.45. The van der Waals surface area contributed by atoms with Crippen molar-refractivity contribution in [2.24, 2.45) is 5.73 Å². The van der Waals surface area contributed by atoms with E-state index in [1.807, 2.05) is 0 Å². The van der Waals surface area contributed by atoms with Gasteiger partial charge in [-0.25, -0.2) is 9.37 Å². The minimum absolute atomic E-state index is 0.105. The Morgan fingerprint density at radius 1 is 1.75 bits per heavy atom. The monoisotopic (exact) mass is 168 g/mol. The first-order valence-electron chi connectivity index (χ1n) is 3.59. The molecular weight excluding hydrogens is 159 g/mol. The van der Waals surface area contributed by atoms with Crippen LogP contribution in [0.1, 0.15) is 23.0 Å². The Labute approximate surface area is 69.4 Å². The average molecular weight is 168 g/mol. The van der Waals surface area contributed by atoms with E-state index in [0.29, 0.717) is 12.0 Å². The summed E-state index contributed by atoms with van der Waals surface area (Å²) < 4.78 is 12.8. The van der Waals surface area contributed by atoms with Crippen LogP contribution in [0.2, 0.25) is 0 Å². The Balaban J connectivity index is 3.13. The number of hydrogen-bond donors (Lipinski definition) is 1. The molecule has 0 fully saturated rings. The number of pyridine rings is 1. The highest BCUT2D eigenvalue weighted by Crippen LogP contribution is 2.07. The van der Waals surface area contributed by atoms with Crippen LogP contribution in [0.3, 0.4) is 0 Å². The lowest BCUT2D eigenvalue weighted by molar-refractivity contribution is 0.0995. The summed E-state index contributed by atoms with van der Waals surface area (Å²) in [6.07, 6.45) is 1.54. The van der Waals surface area contributed by atoms with Crippen LogP contribution in [0, 0.1) is 5.82 Å². The number of rotatable bonds is 2. The van der Waals surface area contributed by atoms with Crippen molar-refractivity contribution in [1.29, 1.82) is 0 Å². The van der Waals surface area contributed by atoms with Crippen molar-refractivity contribution in [3.05, 3.63) is 29.3 Å². The number of carbonyl (C=O) groups excluding carboxylic acids is 1. The number of nitrogens with zero attached hydrogens (tertiary/aromatic N) is 1. The van der Waals surface area contributed by atoms with E-state index < -0.39 is 11.7 Å². The van der Waals surface area contributed by atoms with Gasteiger partial charge in [0, 0.05) is 0 Å². The van der Waals surface area contributed by atoms with E-state index in [4.69, 9.17) is 5.73 Å². The number of aromatic nitrogens is 1. The van der Waals surface area contributed by atoms with E-state index in [0.717, 1.165) is 6.20 Å². The van der Waals surface area contributed by atoms with Crippen LogP contribution < -0.4 is 5.73 Å². The fourth-order valence-corrected chi connectivity index (χ4v) is 0.886. The third-order valence-electron chi connectivity index (χ3n) is 1.57. The molecule has 4 heteroatoms. The van der Waals surface area contributed by atoms with Crippen molar-refractivity contribution in [3.8, 4) is 0 Å². The predicted molar refractivity (Wildman–Crippen MR) is 42.1 cm³/mol. The van der Waals surface area contributed by atoms with Crippen molar-refractivity contribution in [2.75, 3.05) is 0 Å². The molecule has 0 bridgehead atoms. The summed E-state index contributed by atoms with van der Waals surface area (Å²) >= 11 is 0. The number of hydrogen-bond acceptors (Lipinski definition) is 2. The fourth-order valence-electron chi connectivity index (χ4n) is 0.886. The van der Waals surface area contributed by atoms with Crippen LogP contribution in [0.15, 0.2) is 12.3 Å². The van der Waals surface area contributed by atoms with Crippen LogP contribution in [0.5, 0.6) is 0 Å². The van der Waals surface area contributed by atoms with Crippen molar-refractivity contribution in [2.45, 2.75) is 13.3 Å². The van der Waals surface area contributed by atoms with Crippen molar-refractivity contribution in [1.82, 2.24) is 4.98 Å². The van der Waals surface area contributed by atoms with Gasteiger partial charge in [-0.05, 0) is 18.1 Å². The quantitative estimate of drug-likeness (QED) is 0.712. The second-order valence-electron chi connectivity index (χ2n) is 2.38. The highest BCUT2D eigenvalue weighted by molar-refractivity contribution is 5.90. The average Bonchev–Trinajstić information content (AvgIpc) is 2.05. The second kappa shape index (κ2) is 3.30. The first-order chi connectivity index (χ1) is 5.65. The van der Waals surface area contributed by atoms with Crippen molar-refractivity contribution < 1.29 is 9.18 Å². The van der Waals surface area contributed by atoms with Gasteiger partial charge in [-0.2, -0.15) is 0 Å². The first kappa shape index (κ1) is 8.64. The van der Waals surface area contributed by atoms with Crippen LogP contribution in [-0.4, -0.2) is 10.9 Å². The zero-order chi connectivity index (χ0) is 9.14. The number of aryl methyl sites for hydroxylation is 1. The summed E-state index contributed by atoms with van der Waals surface area (Å²) in [5.74, 6) is -1.03. The molecule has 0 saturated heterocycles. The normalized spacial score (nSPS) is 9.83. The molecule has 12 heavy (non-hydrogen) atoms. The predicted octanol–water partition coefficient (Wildman–Crippen LogP) is 0.882. The molecule has 0 aliphatic carbocycles. The molecular formula is C8H9FN2O. The molecule has 0 atom stereocenters. The number of halogens is 1. The molecule has 1 heterocycles. The smallest absolute Gasteiger partial charge is 0.267 e. The van der Waals surface area contributed by atoms with Gasteiger partial charge in [0.05, 0.1) is 6.20 Å². The van der Waals surface area contributed by atoms with E-state index in [9.17, 15) is 9.18 Å². The molecule has 0 aromatic carbocycles. The van der Waals surface area contributed by atoms with Gasteiger partial charge in [-0.3, -0.25) is 4.79 Å². The van der Waals surface area contributed by atoms with Gasteiger partial charge in [-0.1, -0.05) is 6.92 Å². The summed E-state index contributed by atoms with van der Waals surface area (Å²) in [5, 5.41) is 0. The maximum Gasteiger partial charge on any atom is 0.267 e. The number of carbonyl (C=O) groups is 1. The summed E-state index contributed by atoms with van der Waals surface area (Å²) in [6, 6.07) is 1.37. The lowest BCUT2D eigenvalue weighted by Gasteiger charge is -1.99. The van der Waals surface area contributed by atoms with E-state index in [-0.39, 0.29) is 5.69 Å². The highest BCUT2D eigenvalue weighted by Gasteiger charge is 2.06. The minimum Gasteiger partial charge on any atom is -0.364 e. The minimum atomic E-state index is -0.635. The second-order valence-corrected chi connectivity index (χ2v) is 2.38. The SMILES string of the molecule is CCc1cc(C(N)=O)ncc1F.